The number of rotatable bonds is 0. The average molecular weight is 154 g/mol. The van der Waals surface area contributed by atoms with Crippen molar-refractivity contribution in [2.24, 2.45) is 11.3 Å². The van der Waals surface area contributed by atoms with Crippen LogP contribution in [0.2, 0.25) is 0 Å². The highest BCUT2D eigenvalue weighted by Crippen LogP contribution is 2.33. The third kappa shape index (κ3) is 1.50. The van der Waals surface area contributed by atoms with Crippen molar-refractivity contribution in [2.75, 3.05) is 0 Å². The summed E-state index contributed by atoms with van der Waals surface area (Å²) in [5.41, 5.74) is -0.408. The molecule has 1 aliphatic carbocycles. The highest BCUT2D eigenvalue weighted by atomic mass is 16.2. The van der Waals surface area contributed by atoms with Crippen LogP contribution in [0, 0.1) is 11.3 Å². The Morgan fingerprint density at radius 2 is 1.91 bits per heavy atom. The van der Waals surface area contributed by atoms with Crippen molar-refractivity contribution in [3.63, 3.8) is 0 Å². The molecule has 1 rings (SSSR count). The molecule has 1 fully saturated rings. The van der Waals surface area contributed by atoms with E-state index in [2.05, 4.69) is 0 Å². The molecule has 0 heterocycles. The lowest BCUT2D eigenvalue weighted by Crippen LogP contribution is -2.38. The van der Waals surface area contributed by atoms with E-state index in [0.717, 1.165) is 6.42 Å². The molecule has 1 unspecified atom stereocenters. The van der Waals surface area contributed by atoms with E-state index in [0.29, 0.717) is 12.3 Å². The van der Waals surface area contributed by atoms with E-state index in [1.807, 2.05) is 20.8 Å². The molecule has 0 saturated heterocycles. The molecular formula is C9H14O2. The molecular weight excluding hydrogens is 140 g/mol. The Labute approximate surface area is 67.0 Å². The van der Waals surface area contributed by atoms with Crippen LogP contribution in [0.3, 0.4) is 0 Å². The van der Waals surface area contributed by atoms with Crippen LogP contribution in [-0.4, -0.2) is 11.6 Å². The van der Waals surface area contributed by atoms with Gasteiger partial charge in [-0.05, 0) is 12.3 Å². The van der Waals surface area contributed by atoms with Crippen LogP contribution in [0.15, 0.2) is 0 Å². The number of ketones is 2. The number of Topliss-reactive ketones (excluding diaryl/α,β-unsaturated/α-hetero) is 2. The van der Waals surface area contributed by atoms with Gasteiger partial charge in [-0.25, -0.2) is 0 Å². The molecule has 0 aliphatic heterocycles. The van der Waals surface area contributed by atoms with Crippen LogP contribution in [0.5, 0.6) is 0 Å². The van der Waals surface area contributed by atoms with Crippen molar-refractivity contribution in [2.45, 2.75) is 33.6 Å². The van der Waals surface area contributed by atoms with Gasteiger partial charge in [0.15, 0.2) is 5.78 Å². The van der Waals surface area contributed by atoms with Gasteiger partial charge in [-0.2, -0.15) is 0 Å². The predicted molar refractivity (Wildman–Crippen MR) is 42.2 cm³/mol. The number of carbonyl (C=O) groups is 2. The highest BCUT2D eigenvalue weighted by molar-refractivity contribution is 6.39. The number of hydrogen-bond donors (Lipinski definition) is 0. The summed E-state index contributed by atoms with van der Waals surface area (Å²) in [7, 11) is 0. The van der Waals surface area contributed by atoms with Gasteiger partial charge in [0.25, 0.3) is 0 Å². The van der Waals surface area contributed by atoms with Crippen molar-refractivity contribution >= 4 is 11.6 Å². The van der Waals surface area contributed by atoms with E-state index >= 15 is 0 Å². The van der Waals surface area contributed by atoms with E-state index in [9.17, 15) is 9.59 Å². The second-order valence-corrected chi connectivity index (χ2v) is 4.15. The molecule has 0 aromatic rings. The van der Waals surface area contributed by atoms with Gasteiger partial charge in [0.05, 0.1) is 0 Å². The van der Waals surface area contributed by atoms with Crippen LogP contribution < -0.4 is 0 Å². The Bertz CT molecular complexity index is 204. The fourth-order valence-corrected chi connectivity index (χ4v) is 1.82. The average Bonchev–Trinajstić information content (AvgIpc) is 1.81. The second kappa shape index (κ2) is 2.43. The molecule has 1 saturated carbocycles. The molecule has 0 N–H and O–H groups in total. The van der Waals surface area contributed by atoms with Crippen molar-refractivity contribution in [3.8, 4) is 0 Å². The topological polar surface area (TPSA) is 34.1 Å². The van der Waals surface area contributed by atoms with Crippen LogP contribution in [0.25, 0.3) is 0 Å². The first-order valence-electron chi connectivity index (χ1n) is 4.01. The minimum absolute atomic E-state index is 0.185. The fraction of sp³-hybridized carbons (Fsp3) is 0.778. The first kappa shape index (κ1) is 8.44. The summed E-state index contributed by atoms with van der Waals surface area (Å²) in [5.74, 6) is -0.000417. The largest absolute Gasteiger partial charge is 0.291 e. The smallest absolute Gasteiger partial charge is 0.203 e. The standard InChI is InChI=1S/C9H14O2/c1-6-4-7(10)8(11)9(2,3)5-6/h6H,4-5H2,1-3H3. The summed E-state index contributed by atoms with van der Waals surface area (Å²) >= 11 is 0. The van der Waals surface area contributed by atoms with Gasteiger partial charge in [-0.1, -0.05) is 20.8 Å². The Morgan fingerprint density at radius 3 is 2.36 bits per heavy atom. The maximum Gasteiger partial charge on any atom is 0.203 e. The van der Waals surface area contributed by atoms with Gasteiger partial charge < -0.3 is 0 Å². The lowest BCUT2D eigenvalue weighted by Gasteiger charge is -2.30. The molecule has 11 heavy (non-hydrogen) atoms. The van der Waals surface area contributed by atoms with Crippen LogP contribution in [0.1, 0.15) is 33.6 Å². The van der Waals surface area contributed by atoms with Gasteiger partial charge in [0, 0.05) is 11.8 Å². The molecule has 0 aromatic carbocycles. The third-order valence-electron chi connectivity index (χ3n) is 2.26. The maximum atomic E-state index is 11.2. The molecule has 0 radical (unpaired) electrons. The second-order valence-electron chi connectivity index (χ2n) is 4.15. The van der Waals surface area contributed by atoms with Crippen molar-refractivity contribution in [1.82, 2.24) is 0 Å². The van der Waals surface area contributed by atoms with Gasteiger partial charge in [-0.15, -0.1) is 0 Å². The number of hydrogen-bond acceptors (Lipinski definition) is 2. The molecule has 2 heteroatoms. The fourth-order valence-electron chi connectivity index (χ4n) is 1.82. The van der Waals surface area contributed by atoms with Crippen LogP contribution in [-0.2, 0) is 9.59 Å². The normalized spacial score (nSPS) is 30.6. The van der Waals surface area contributed by atoms with Crippen LogP contribution >= 0.6 is 0 Å². The minimum Gasteiger partial charge on any atom is -0.291 e. The molecule has 0 bridgehead atoms. The summed E-state index contributed by atoms with van der Waals surface area (Å²) in [6.45, 7) is 5.72. The summed E-state index contributed by atoms with van der Waals surface area (Å²) < 4.78 is 0. The van der Waals surface area contributed by atoms with Gasteiger partial charge in [0.2, 0.25) is 5.78 Å². The Morgan fingerprint density at radius 1 is 1.36 bits per heavy atom. The van der Waals surface area contributed by atoms with Gasteiger partial charge in [0.1, 0.15) is 0 Å². The zero-order valence-electron chi connectivity index (χ0n) is 7.31. The lowest BCUT2D eigenvalue weighted by atomic mass is 9.71. The molecule has 1 aliphatic rings. The quantitative estimate of drug-likeness (QED) is 0.496. The van der Waals surface area contributed by atoms with E-state index in [1.54, 1.807) is 0 Å². The molecule has 1 atom stereocenters. The molecule has 0 amide bonds. The van der Waals surface area contributed by atoms with Crippen LogP contribution in [0.4, 0.5) is 0 Å². The van der Waals surface area contributed by atoms with E-state index in [1.165, 1.54) is 0 Å². The van der Waals surface area contributed by atoms with Gasteiger partial charge in [-0.3, -0.25) is 9.59 Å². The summed E-state index contributed by atoms with van der Waals surface area (Å²) in [6, 6.07) is 0. The zero-order valence-corrected chi connectivity index (χ0v) is 7.31. The first-order valence-corrected chi connectivity index (χ1v) is 4.01. The summed E-state index contributed by atoms with van der Waals surface area (Å²) in [4.78, 5) is 22.3. The molecule has 62 valence electrons. The SMILES string of the molecule is CC1CC(=O)C(=O)C(C)(C)C1. The lowest BCUT2D eigenvalue weighted by molar-refractivity contribution is -0.145. The van der Waals surface area contributed by atoms with E-state index in [4.69, 9.17) is 0 Å². The summed E-state index contributed by atoms with van der Waals surface area (Å²) in [5, 5.41) is 0. The Hall–Kier alpha value is -0.660. The minimum atomic E-state index is -0.408. The van der Waals surface area contributed by atoms with Crippen molar-refractivity contribution in [3.05, 3.63) is 0 Å². The number of carbonyl (C=O) groups excluding carboxylic acids is 2. The Balaban J connectivity index is 2.84. The van der Waals surface area contributed by atoms with E-state index in [-0.39, 0.29) is 11.6 Å². The molecule has 0 aromatic heterocycles. The molecule has 0 spiro atoms. The maximum absolute atomic E-state index is 11.2. The van der Waals surface area contributed by atoms with Crippen molar-refractivity contribution < 1.29 is 9.59 Å². The van der Waals surface area contributed by atoms with Crippen molar-refractivity contribution in [1.29, 1.82) is 0 Å². The van der Waals surface area contributed by atoms with Gasteiger partial charge >= 0.3 is 0 Å². The third-order valence-corrected chi connectivity index (χ3v) is 2.26. The molecule has 2 nitrogen and oxygen atoms in total. The zero-order chi connectivity index (χ0) is 8.65. The highest BCUT2D eigenvalue weighted by Gasteiger charge is 2.39. The Kier molecular flexibility index (Phi) is 1.87. The van der Waals surface area contributed by atoms with E-state index < -0.39 is 5.41 Å². The first-order chi connectivity index (χ1) is 4.93. The summed E-state index contributed by atoms with van der Waals surface area (Å²) in [6.07, 6.45) is 1.29. The predicted octanol–water partition coefficient (Wildman–Crippen LogP) is 1.58. The monoisotopic (exact) mass is 154 g/mol.